The van der Waals surface area contributed by atoms with Gasteiger partial charge in [-0.15, -0.1) is 0 Å². The minimum Gasteiger partial charge on any atom is -0.458 e. The van der Waals surface area contributed by atoms with E-state index in [2.05, 4.69) is 0 Å². The molecule has 38 heavy (non-hydrogen) atoms. The quantitative estimate of drug-likeness (QED) is 0.339. The lowest BCUT2D eigenvalue weighted by Gasteiger charge is -2.67. The smallest absolute Gasteiger partial charge is 0.343 e. The van der Waals surface area contributed by atoms with Crippen LogP contribution in [-0.2, 0) is 38.1 Å². The molecule has 2 saturated carbocycles. The van der Waals surface area contributed by atoms with Crippen molar-refractivity contribution in [1.29, 1.82) is 0 Å². The van der Waals surface area contributed by atoms with E-state index in [0.717, 1.165) is 0 Å². The molecule has 4 bridgehead atoms. The number of carbonyl (C=O) groups excluding carboxylic acids is 4. The van der Waals surface area contributed by atoms with E-state index in [1.165, 1.54) is 0 Å². The van der Waals surface area contributed by atoms with Crippen LogP contribution in [-0.4, -0.2) is 75.1 Å². The van der Waals surface area contributed by atoms with Gasteiger partial charge in [0.05, 0.1) is 30.0 Å². The van der Waals surface area contributed by atoms with E-state index in [-0.39, 0.29) is 31.7 Å². The molecule has 202 valence electrons. The number of aliphatic hydroxyl groups is 2. The number of allylic oxidation sites excluding steroid dienone is 2. The molecule has 4 aliphatic carbocycles. The maximum atomic E-state index is 14.4. The Bertz CT molecular complexity index is 1330. The average Bonchev–Trinajstić information content (AvgIpc) is 3.22. The van der Waals surface area contributed by atoms with Crippen molar-refractivity contribution in [2.75, 3.05) is 6.61 Å². The number of rotatable bonds is 0. The minimum absolute atomic E-state index is 0.0690. The van der Waals surface area contributed by atoms with Crippen LogP contribution in [0.25, 0.3) is 0 Å². The summed E-state index contributed by atoms with van der Waals surface area (Å²) in [5.74, 6) is -5.13. The summed E-state index contributed by atoms with van der Waals surface area (Å²) in [4.78, 5) is 54.9. The predicted molar refractivity (Wildman–Crippen MR) is 124 cm³/mol. The van der Waals surface area contributed by atoms with Crippen LogP contribution in [0, 0.1) is 34.5 Å². The van der Waals surface area contributed by atoms with Crippen LogP contribution in [0.4, 0.5) is 0 Å². The highest BCUT2D eigenvalue weighted by atomic mass is 16.7. The second-order valence-corrected chi connectivity index (χ2v) is 13.3. The summed E-state index contributed by atoms with van der Waals surface area (Å²) < 4.78 is 24.5. The first-order valence-corrected chi connectivity index (χ1v) is 13.5. The molecule has 0 amide bonds. The van der Waals surface area contributed by atoms with E-state index in [1.54, 1.807) is 19.1 Å². The fraction of sp³-hybridized carbons (Fsp3) is 0.714. The molecule has 2 N–H and O–H groups in total. The zero-order valence-electron chi connectivity index (χ0n) is 21.4. The number of hydrogen-bond acceptors (Lipinski definition) is 10. The molecular weight excluding hydrogens is 496 g/mol. The second kappa shape index (κ2) is 6.26. The maximum Gasteiger partial charge on any atom is 0.343 e. The molecule has 0 unspecified atom stereocenters. The largest absolute Gasteiger partial charge is 0.458 e. The highest BCUT2D eigenvalue weighted by Gasteiger charge is 2.95. The zero-order valence-corrected chi connectivity index (χ0v) is 21.4. The van der Waals surface area contributed by atoms with Gasteiger partial charge in [-0.05, 0) is 50.0 Å². The SMILES string of the molecule is C[C@]12C(=O)C[C@H](O)C=C1C=C[C@@H]1[C@@H]2CC[C@]2(O)C(=O)O[C@@]3(C)[C@H]4C[C@]5(C)[C@@H](CO[C@]16C(=O)O[C@@]32[C@@H]56)C(=O)O4. The Balaban J connectivity index is 1.45. The van der Waals surface area contributed by atoms with Gasteiger partial charge in [-0.25, -0.2) is 9.59 Å². The normalized spacial score (nSPS) is 59.0. The lowest BCUT2D eigenvalue weighted by molar-refractivity contribution is -0.329. The van der Waals surface area contributed by atoms with Crippen LogP contribution in [0.5, 0.6) is 0 Å². The van der Waals surface area contributed by atoms with Gasteiger partial charge in [0.1, 0.15) is 11.9 Å². The molecule has 4 saturated heterocycles. The molecule has 6 fully saturated rings. The summed E-state index contributed by atoms with van der Waals surface area (Å²) in [6, 6.07) is 0. The fourth-order valence-corrected chi connectivity index (χ4v) is 10.3. The van der Waals surface area contributed by atoms with Crippen molar-refractivity contribution in [1.82, 2.24) is 0 Å². The van der Waals surface area contributed by atoms with E-state index >= 15 is 0 Å². The van der Waals surface area contributed by atoms with E-state index < -0.39 is 87.0 Å². The molecule has 0 aromatic rings. The minimum atomic E-state index is -2.23. The molecule has 0 aromatic heterocycles. The highest BCUT2D eigenvalue weighted by Crippen LogP contribution is 2.76. The first kappa shape index (κ1) is 23.3. The van der Waals surface area contributed by atoms with Crippen molar-refractivity contribution in [2.45, 2.75) is 81.1 Å². The van der Waals surface area contributed by atoms with Crippen LogP contribution in [0.1, 0.15) is 46.5 Å². The third kappa shape index (κ3) is 1.98. The van der Waals surface area contributed by atoms with E-state index in [4.69, 9.17) is 18.9 Å². The van der Waals surface area contributed by atoms with Crippen molar-refractivity contribution in [2.24, 2.45) is 34.5 Å². The molecule has 1 spiro atoms. The Morgan fingerprint density at radius 3 is 2.58 bits per heavy atom. The van der Waals surface area contributed by atoms with Gasteiger partial charge in [0.15, 0.2) is 11.2 Å². The first-order valence-electron chi connectivity index (χ1n) is 13.5. The fourth-order valence-electron chi connectivity index (χ4n) is 10.3. The summed E-state index contributed by atoms with van der Waals surface area (Å²) in [5.41, 5.74) is -8.70. The van der Waals surface area contributed by atoms with Gasteiger partial charge in [0.25, 0.3) is 0 Å². The summed E-state index contributed by atoms with van der Waals surface area (Å²) in [7, 11) is 0. The number of carbonyl (C=O) groups is 4. The molecule has 10 heteroatoms. The van der Waals surface area contributed by atoms with Gasteiger partial charge in [-0.3, -0.25) is 9.59 Å². The summed E-state index contributed by atoms with van der Waals surface area (Å²) in [5, 5.41) is 22.7. The van der Waals surface area contributed by atoms with Crippen molar-refractivity contribution >= 4 is 23.7 Å². The molecule has 4 heterocycles. The number of aliphatic hydroxyl groups excluding tert-OH is 1. The number of esters is 3. The number of ether oxygens (including phenoxy) is 4. The molecule has 10 nitrogen and oxygen atoms in total. The Labute approximate surface area is 218 Å². The van der Waals surface area contributed by atoms with Gasteiger partial charge in [0, 0.05) is 12.3 Å². The number of ketones is 1. The van der Waals surface area contributed by atoms with Gasteiger partial charge in [-0.1, -0.05) is 25.2 Å². The molecule has 0 radical (unpaired) electrons. The number of hydrogen-bond donors (Lipinski definition) is 2. The molecular formula is C28H30O10. The summed E-state index contributed by atoms with van der Waals surface area (Å²) in [6.45, 7) is 5.21. The third-order valence-corrected chi connectivity index (χ3v) is 12.0. The average molecular weight is 527 g/mol. The predicted octanol–water partition coefficient (Wildman–Crippen LogP) is 0.528. The Hall–Kier alpha value is -2.56. The Kier molecular flexibility index (Phi) is 3.84. The van der Waals surface area contributed by atoms with E-state index in [9.17, 15) is 29.4 Å². The standard InChI is InChI=1S/C28H30O10/c1-23-10-18-25(3)28-20(23)27(22(33)38-28,35-11-16(23)19(31)36-18)15-5-4-12-8-13(29)9-17(30)24(12,2)14(15)6-7-26(28,34)21(32)37-25/h4-5,8,13-16,18,20,29,34H,6-7,9-11H2,1-3H3/t13-,14+,15-,16+,18-,20+,23-,24+,25+,26+,27-,28+/m1/s1. The molecule has 0 aromatic carbocycles. The van der Waals surface area contributed by atoms with E-state index in [0.29, 0.717) is 12.0 Å². The van der Waals surface area contributed by atoms with Crippen molar-refractivity contribution < 1.29 is 48.3 Å². The van der Waals surface area contributed by atoms with Crippen molar-refractivity contribution in [3.8, 4) is 0 Å². The monoisotopic (exact) mass is 526 g/mol. The van der Waals surface area contributed by atoms with Gasteiger partial charge >= 0.3 is 17.9 Å². The van der Waals surface area contributed by atoms with Gasteiger partial charge in [-0.2, -0.15) is 0 Å². The molecule has 8 rings (SSSR count). The summed E-state index contributed by atoms with van der Waals surface area (Å²) >= 11 is 0. The summed E-state index contributed by atoms with van der Waals surface area (Å²) in [6.07, 6.45) is 3.83. The molecule has 4 aliphatic heterocycles. The van der Waals surface area contributed by atoms with Crippen LogP contribution in [0.2, 0.25) is 0 Å². The van der Waals surface area contributed by atoms with Crippen molar-refractivity contribution in [3.63, 3.8) is 0 Å². The number of Topliss-reactive ketones (excluding diaryl/α,β-unsaturated/α-hetero) is 1. The van der Waals surface area contributed by atoms with Crippen LogP contribution in [0.3, 0.4) is 0 Å². The lowest BCUT2D eigenvalue weighted by Crippen LogP contribution is -2.82. The molecule has 8 aliphatic rings. The lowest BCUT2D eigenvalue weighted by atomic mass is 9.39. The van der Waals surface area contributed by atoms with Gasteiger partial charge < -0.3 is 29.2 Å². The van der Waals surface area contributed by atoms with Crippen LogP contribution in [0.15, 0.2) is 23.8 Å². The van der Waals surface area contributed by atoms with Crippen LogP contribution < -0.4 is 0 Å². The maximum absolute atomic E-state index is 14.4. The van der Waals surface area contributed by atoms with Gasteiger partial charge in [0.2, 0.25) is 11.2 Å². The Morgan fingerprint density at radius 2 is 1.82 bits per heavy atom. The molecule has 12 atom stereocenters. The topological polar surface area (TPSA) is 146 Å². The zero-order chi connectivity index (χ0) is 26.8. The third-order valence-electron chi connectivity index (χ3n) is 12.0. The highest BCUT2D eigenvalue weighted by molar-refractivity contribution is 5.95. The first-order chi connectivity index (χ1) is 17.8. The Morgan fingerprint density at radius 1 is 1.05 bits per heavy atom. The second-order valence-electron chi connectivity index (χ2n) is 13.3. The van der Waals surface area contributed by atoms with Crippen LogP contribution >= 0.6 is 0 Å². The number of fused-ring (bicyclic) bond motifs is 5. The van der Waals surface area contributed by atoms with Crippen molar-refractivity contribution in [3.05, 3.63) is 23.8 Å². The van der Waals surface area contributed by atoms with E-state index in [1.807, 2.05) is 19.9 Å².